The Bertz CT molecular complexity index is 805. The van der Waals surface area contributed by atoms with Crippen LogP contribution in [0.2, 0.25) is 0 Å². The number of carbonyl (C=O) groups is 2. The minimum Gasteiger partial charge on any atom is -0.481 e. The van der Waals surface area contributed by atoms with Gasteiger partial charge in [-0.3, -0.25) is 4.79 Å². The maximum absolute atomic E-state index is 11.8. The van der Waals surface area contributed by atoms with E-state index in [0.717, 1.165) is 35.1 Å². The van der Waals surface area contributed by atoms with Crippen LogP contribution >= 0.6 is 0 Å². The van der Waals surface area contributed by atoms with Crippen molar-refractivity contribution in [1.29, 1.82) is 0 Å². The third kappa shape index (κ3) is 7.04. The summed E-state index contributed by atoms with van der Waals surface area (Å²) in [5.74, 6) is -0.484. The molecule has 0 atom stereocenters. The summed E-state index contributed by atoms with van der Waals surface area (Å²) in [6, 6.07) is 13.6. The Balaban J connectivity index is 2.03. The number of benzene rings is 2. The van der Waals surface area contributed by atoms with Crippen molar-refractivity contribution in [1.82, 2.24) is 10.6 Å². The van der Waals surface area contributed by atoms with Crippen molar-refractivity contribution < 1.29 is 19.4 Å². The number of carboxylic acids is 1. The van der Waals surface area contributed by atoms with Crippen LogP contribution in [-0.2, 0) is 16.1 Å². The van der Waals surface area contributed by atoms with Crippen molar-refractivity contribution in [2.75, 3.05) is 19.7 Å². The molecule has 3 N–H and O–H groups in total. The van der Waals surface area contributed by atoms with Gasteiger partial charge in [0.25, 0.3) is 0 Å². The normalized spacial score (nSPS) is 10.5. The Hall–Kier alpha value is -2.86. The number of amides is 1. The molecule has 0 saturated heterocycles. The minimum atomic E-state index is -1.01. The SMILES string of the molecule is CCCCNC(=O)CNCc1cccc(-c2cc(C)ccc2OCC(=O)O)c1. The molecule has 0 fully saturated rings. The number of rotatable bonds is 11. The van der Waals surface area contributed by atoms with Crippen molar-refractivity contribution in [3.8, 4) is 16.9 Å². The molecule has 2 aromatic carbocycles. The molecule has 0 spiro atoms. The van der Waals surface area contributed by atoms with Crippen LogP contribution in [0.4, 0.5) is 0 Å². The largest absolute Gasteiger partial charge is 0.481 e. The Morgan fingerprint density at radius 2 is 1.96 bits per heavy atom. The van der Waals surface area contributed by atoms with E-state index in [2.05, 4.69) is 17.6 Å². The van der Waals surface area contributed by atoms with Crippen LogP contribution in [0.3, 0.4) is 0 Å². The van der Waals surface area contributed by atoms with Crippen molar-refractivity contribution in [2.24, 2.45) is 0 Å². The Labute approximate surface area is 165 Å². The van der Waals surface area contributed by atoms with E-state index in [-0.39, 0.29) is 19.1 Å². The molecule has 2 rings (SSSR count). The first-order valence-electron chi connectivity index (χ1n) is 9.51. The van der Waals surface area contributed by atoms with Crippen molar-refractivity contribution in [3.05, 3.63) is 53.6 Å². The second-order valence-corrected chi connectivity index (χ2v) is 6.69. The predicted octanol–water partition coefficient (Wildman–Crippen LogP) is 3.13. The van der Waals surface area contributed by atoms with E-state index in [1.54, 1.807) is 6.07 Å². The molecule has 0 unspecified atom stereocenters. The van der Waals surface area contributed by atoms with Gasteiger partial charge in [-0.2, -0.15) is 0 Å². The molecule has 0 aliphatic rings. The van der Waals surface area contributed by atoms with Gasteiger partial charge < -0.3 is 20.5 Å². The minimum absolute atomic E-state index is 0.00681. The van der Waals surface area contributed by atoms with Gasteiger partial charge in [0.15, 0.2) is 6.61 Å². The number of aliphatic carboxylic acids is 1. The van der Waals surface area contributed by atoms with Gasteiger partial charge in [0.1, 0.15) is 5.75 Å². The van der Waals surface area contributed by atoms with Crippen LogP contribution in [0, 0.1) is 6.92 Å². The van der Waals surface area contributed by atoms with Crippen molar-refractivity contribution >= 4 is 11.9 Å². The Morgan fingerprint density at radius 3 is 2.71 bits per heavy atom. The topological polar surface area (TPSA) is 87.7 Å². The highest BCUT2D eigenvalue weighted by atomic mass is 16.5. The van der Waals surface area contributed by atoms with Gasteiger partial charge >= 0.3 is 5.97 Å². The third-order valence-corrected chi connectivity index (χ3v) is 4.19. The molecule has 0 aliphatic heterocycles. The van der Waals surface area contributed by atoms with Gasteiger partial charge in [-0.15, -0.1) is 0 Å². The van der Waals surface area contributed by atoms with E-state index in [4.69, 9.17) is 9.84 Å². The first-order chi connectivity index (χ1) is 13.5. The van der Waals surface area contributed by atoms with Crippen LogP contribution in [-0.4, -0.2) is 36.7 Å². The van der Waals surface area contributed by atoms with Crippen molar-refractivity contribution in [2.45, 2.75) is 33.2 Å². The van der Waals surface area contributed by atoms with Crippen LogP contribution in [0.5, 0.6) is 5.75 Å². The molecule has 28 heavy (non-hydrogen) atoms. The summed E-state index contributed by atoms with van der Waals surface area (Å²) in [5.41, 5.74) is 3.88. The van der Waals surface area contributed by atoms with Crippen LogP contribution in [0.1, 0.15) is 30.9 Å². The molecule has 6 nitrogen and oxygen atoms in total. The lowest BCUT2D eigenvalue weighted by Crippen LogP contribution is -2.34. The highest BCUT2D eigenvalue weighted by Gasteiger charge is 2.10. The quantitative estimate of drug-likeness (QED) is 0.518. The van der Waals surface area contributed by atoms with E-state index in [1.807, 2.05) is 43.3 Å². The first kappa shape index (κ1) is 21.4. The van der Waals surface area contributed by atoms with Gasteiger partial charge in [-0.25, -0.2) is 4.79 Å². The molecule has 0 heterocycles. The van der Waals surface area contributed by atoms with Gasteiger partial charge in [-0.1, -0.05) is 43.2 Å². The average Bonchev–Trinajstić information content (AvgIpc) is 2.67. The van der Waals surface area contributed by atoms with Crippen LogP contribution in [0.15, 0.2) is 42.5 Å². The van der Waals surface area contributed by atoms with Gasteiger partial charge in [0.2, 0.25) is 5.91 Å². The lowest BCUT2D eigenvalue weighted by Gasteiger charge is -2.13. The molecule has 0 aliphatic carbocycles. The molecular weight excluding hydrogens is 356 g/mol. The number of carboxylic acid groups (broad SMARTS) is 1. The maximum Gasteiger partial charge on any atom is 0.341 e. The summed E-state index contributed by atoms with van der Waals surface area (Å²) in [7, 11) is 0. The molecule has 0 aromatic heterocycles. The zero-order chi connectivity index (χ0) is 20.4. The predicted molar refractivity (Wildman–Crippen MR) is 109 cm³/mol. The smallest absolute Gasteiger partial charge is 0.341 e. The molecule has 2 aromatic rings. The Kier molecular flexibility index (Phi) is 8.49. The van der Waals surface area contributed by atoms with Crippen LogP contribution < -0.4 is 15.4 Å². The van der Waals surface area contributed by atoms with E-state index < -0.39 is 5.97 Å². The fourth-order valence-corrected chi connectivity index (χ4v) is 2.77. The highest BCUT2D eigenvalue weighted by Crippen LogP contribution is 2.31. The number of aryl methyl sites for hydroxylation is 1. The second kappa shape index (κ2) is 11.1. The first-order valence-corrected chi connectivity index (χ1v) is 9.51. The fourth-order valence-electron chi connectivity index (χ4n) is 2.77. The summed E-state index contributed by atoms with van der Waals surface area (Å²) >= 11 is 0. The zero-order valence-electron chi connectivity index (χ0n) is 16.5. The highest BCUT2D eigenvalue weighted by molar-refractivity contribution is 5.78. The lowest BCUT2D eigenvalue weighted by atomic mass is 10.0. The van der Waals surface area contributed by atoms with Gasteiger partial charge in [0, 0.05) is 18.7 Å². The lowest BCUT2D eigenvalue weighted by molar-refractivity contribution is -0.139. The molecular formula is C22H28N2O4. The maximum atomic E-state index is 11.8. The summed E-state index contributed by atoms with van der Waals surface area (Å²) in [6.45, 7) is 5.22. The number of ether oxygens (including phenoxy) is 1. The molecule has 0 radical (unpaired) electrons. The number of hydrogen-bond donors (Lipinski definition) is 3. The summed E-state index contributed by atoms with van der Waals surface area (Å²) < 4.78 is 5.44. The molecule has 0 saturated carbocycles. The molecule has 6 heteroatoms. The standard InChI is InChI=1S/C22H28N2O4/c1-3-4-10-24-21(25)14-23-13-17-6-5-7-18(12-17)19-11-16(2)8-9-20(19)28-15-22(26)27/h5-9,11-12,23H,3-4,10,13-15H2,1-2H3,(H,24,25)(H,26,27). The summed E-state index contributed by atoms with van der Waals surface area (Å²) in [5, 5.41) is 14.9. The number of carbonyl (C=O) groups excluding carboxylic acids is 1. The Morgan fingerprint density at radius 1 is 1.14 bits per heavy atom. The number of nitrogens with one attached hydrogen (secondary N) is 2. The zero-order valence-corrected chi connectivity index (χ0v) is 16.5. The molecule has 0 bridgehead atoms. The van der Waals surface area contributed by atoms with E-state index in [0.29, 0.717) is 18.8 Å². The monoisotopic (exact) mass is 384 g/mol. The number of unbranched alkanes of at least 4 members (excludes halogenated alkanes) is 1. The third-order valence-electron chi connectivity index (χ3n) is 4.19. The van der Waals surface area contributed by atoms with E-state index >= 15 is 0 Å². The van der Waals surface area contributed by atoms with Crippen LogP contribution in [0.25, 0.3) is 11.1 Å². The molecule has 1 amide bonds. The molecule has 150 valence electrons. The number of hydrogen-bond acceptors (Lipinski definition) is 4. The van der Waals surface area contributed by atoms with E-state index in [1.165, 1.54) is 0 Å². The van der Waals surface area contributed by atoms with Gasteiger partial charge in [0.05, 0.1) is 6.54 Å². The van der Waals surface area contributed by atoms with Gasteiger partial charge in [-0.05, 0) is 42.7 Å². The van der Waals surface area contributed by atoms with Crippen molar-refractivity contribution in [3.63, 3.8) is 0 Å². The summed E-state index contributed by atoms with van der Waals surface area (Å²) in [6.07, 6.45) is 2.04. The second-order valence-electron chi connectivity index (χ2n) is 6.69. The fraction of sp³-hybridized carbons (Fsp3) is 0.364. The summed E-state index contributed by atoms with van der Waals surface area (Å²) in [4.78, 5) is 22.6. The van der Waals surface area contributed by atoms with E-state index in [9.17, 15) is 9.59 Å². The average molecular weight is 384 g/mol.